The van der Waals surface area contributed by atoms with Crippen LogP contribution in [-0.4, -0.2) is 65.8 Å². The highest BCUT2D eigenvalue weighted by Gasteiger charge is 2.25. The molecule has 1 N–H and O–H groups in total. The van der Waals surface area contributed by atoms with Gasteiger partial charge in [-0.1, -0.05) is 30.3 Å². The molecule has 0 spiro atoms. The molecule has 0 radical (unpaired) electrons. The molecule has 6 heteroatoms. The van der Waals surface area contributed by atoms with Gasteiger partial charge in [-0.2, -0.15) is 0 Å². The smallest absolute Gasteiger partial charge is 0.253 e. The molecule has 0 bridgehead atoms. The molecule has 0 aliphatic carbocycles. The van der Waals surface area contributed by atoms with Crippen LogP contribution in [0.4, 0.5) is 0 Å². The number of rotatable bonds is 7. The monoisotopic (exact) mass is 458 g/mol. The van der Waals surface area contributed by atoms with Gasteiger partial charge in [-0.15, -0.1) is 0 Å². The molecular formula is C28H34N4O2. The lowest BCUT2D eigenvalue weighted by Gasteiger charge is -2.35. The quantitative estimate of drug-likeness (QED) is 0.548. The fourth-order valence-corrected chi connectivity index (χ4v) is 5.53. The summed E-state index contributed by atoms with van der Waals surface area (Å²) in [5.41, 5.74) is 3.21. The first-order chi connectivity index (χ1) is 16.7. The number of carbonyl (C=O) groups excluding carboxylic acids is 2. The van der Waals surface area contributed by atoms with Crippen molar-refractivity contribution >= 4 is 23.1 Å². The van der Waals surface area contributed by atoms with E-state index in [1.807, 2.05) is 23.1 Å². The number of hydrogen-bond donors (Lipinski definition) is 1. The van der Waals surface area contributed by atoms with Crippen molar-refractivity contribution in [2.24, 2.45) is 5.92 Å². The fraction of sp³-hybridized carbons (Fsp3) is 0.429. The van der Waals surface area contributed by atoms with E-state index in [2.05, 4.69) is 57.4 Å². The third kappa shape index (κ3) is 4.93. The van der Waals surface area contributed by atoms with E-state index in [9.17, 15) is 9.59 Å². The lowest BCUT2D eigenvalue weighted by Crippen LogP contribution is -2.46. The molecular weight excluding hydrogens is 424 g/mol. The van der Waals surface area contributed by atoms with E-state index >= 15 is 0 Å². The number of nitrogens with zero attached hydrogens (tertiary/aromatic N) is 3. The third-order valence-corrected chi connectivity index (χ3v) is 7.44. The van der Waals surface area contributed by atoms with Gasteiger partial charge in [0.15, 0.2) is 0 Å². The number of likely N-dealkylation sites (tertiary alicyclic amines) is 1. The van der Waals surface area contributed by atoms with Crippen LogP contribution in [0.5, 0.6) is 0 Å². The molecule has 1 unspecified atom stereocenters. The molecule has 1 atom stereocenters. The van der Waals surface area contributed by atoms with Gasteiger partial charge in [0, 0.05) is 68.4 Å². The first kappa shape index (κ1) is 22.8. The van der Waals surface area contributed by atoms with Gasteiger partial charge >= 0.3 is 0 Å². The van der Waals surface area contributed by atoms with Crippen molar-refractivity contribution in [3.63, 3.8) is 0 Å². The molecule has 34 heavy (non-hydrogen) atoms. The molecule has 2 aliphatic rings. The van der Waals surface area contributed by atoms with Crippen molar-refractivity contribution in [1.29, 1.82) is 0 Å². The lowest BCUT2D eigenvalue weighted by atomic mass is 9.90. The molecule has 1 aromatic heterocycles. The maximum absolute atomic E-state index is 13.3. The fourth-order valence-electron chi connectivity index (χ4n) is 5.53. The normalized spacial score (nSPS) is 18.8. The average molecular weight is 459 g/mol. The predicted octanol–water partition coefficient (Wildman–Crippen LogP) is 3.73. The van der Waals surface area contributed by atoms with Gasteiger partial charge < -0.3 is 19.6 Å². The number of benzene rings is 2. The minimum absolute atomic E-state index is 0.0160. The summed E-state index contributed by atoms with van der Waals surface area (Å²) in [5.74, 6) is 0.766. The van der Waals surface area contributed by atoms with E-state index in [1.54, 1.807) is 0 Å². The molecule has 2 fully saturated rings. The largest absolute Gasteiger partial charge is 0.339 e. The van der Waals surface area contributed by atoms with E-state index in [0.717, 1.165) is 81.3 Å². The number of carbonyl (C=O) groups is 2. The molecule has 2 aromatic carbocycles. The Bertz CT molecular complexity index is 1110. The first-order valence-electron chi connectivity index (χ1n) is 12.5. The SMILES string of the molecule is O=CCC(N1CCNCC1)n1ccc2cc(C(=O)N3CCC(Cc4ccccc4)CC3)ccc21. The summed E-state index contributed by atoms with van der Waals surface area (Å²) in [7, 11) is 0. The van der Waals surface area contributed by atoms with Gasteiger partial charge in [-0.05, 0) is 55.0 Å². The summed E-state index contributed by atoms with van der Waals surface area (Å²) in [6.07, 6.45) is 6.75. The zero-order valence-corrected chi connectivity index (χ0v) is 19.7. The van der Waals surface area contributed by atoms with Gasteiger partial charge in [0.25, 0.3) is 5.91 Å². The van der Waals surface area contributed by atoms with Gasteiger partial charge in [0.1, 0.15) is 6.29 Å². The summed E-state index contributed by atoms with van der Waals surface area (Å²) in [5, 5.41) is 4.43. The van der Waals surface area contributed by atoms with Gasteiger partial charge in [0.05, 0.1) is 6.17 Å². The van der Waals surface area contributed by atoms with Crippen molar-refractivity contribution in [3.05, 3.63) is 71.9 Å². The minimum Gasteiger partial charge on any atom is -0.339 e. The molecule has 3 aromatic rings. The van der Waals surface area contributed by atoms with Crippen molar-refractivity contribution in [1.82, 2.24) is 19.7 Å². The number of piperazine rings is 1. The van der Waals surface area contributed by atoms with Crippen LogP contribution in [-0.2, 0) is 11.2 Å². The second-order valence-electron chi connectivity index (χ2n) is 9.59. The summed E-state index contributed by atoms with van der Waals surface area (Å²) in [6, 6.07) is 18.7. The van der Waals surface area contributed by atoms with E-state index in [0.29, 0.717) is 12.3 Å². The van der Waals surface area contributed by atoms with Crippen LogP contribution in [0.1, 0.15) is 41.3 Å². The maximum Gasteiger partial charge on any atom is 0.253 e. The van der Waals surface area contributed by atoms with Gasteiger partial charge in [-0.3, -0.25) is 9.69 Å². The molecule has 0 saturated carbocycles. The molecule has 3 heterocycles. The van der Waals surface area contributed by atoms with Crippen LogP contribution in [0.25, 0.3) is 10.9 Å². The number of piperidine rings is 1. The average Bonchev–Trinajstić information content (AvgIpc) is 3.31. The van der Waals surface area contributed by atoms with E-state index in [4.69, 9.17) is 0 Å². The van der Waals surface area contributed by atoms with Crippen molar-refractivity contribution in [2.75, 3.05) is 39.3 Å². The van der Waals surface area contributed by atoms with Crippen LogP contribution in [0, 0.1) is 5.92 Å². The van der Waals surface area contributed by atoms with Crippen molar-refractivity contribution in [3.8, 4) is 0 Å². The first-order valence-corrected chi connectivity index (χ1v) is 12.5. The van der Waals surface area contributed by atoms with Crippen LogP contribution >= 0.6 is 0 Å². The Balaban J connectivity index is 1.26. The zero-order valence-electron chi connectivity index (χ0n) is 19.7. The van der Waals surface area contributed by atoms with Crippen molar-refractivity contribution in [2.45, 2.75) is 31.8 Å². The molecule has 6 nitrogen and oxygen atoms in total. The minimum atomic E-state index is 0.0160. The summed E-state index contributed by atoms with van der Waals surface area (Å²) in [4.78, 5) is 29.1. The van der Waals surface area contributed by atoms with E-state index < -0.39 is 0 Å². The number of nitrogens with one attached hydrogen (secondary N) is 1. The standard InChI is InChI=1S/C28H34N4O2/c33-19-11-27(30-17-12-29-13-18-30)32-16-10-24-21-25(6-7-26(24)32)28(34)31-14-8-23(9-15-31)20-22-4-2-1-3-5-22/h1-7,10,16,19,21,23,27,29H,8-9,11-15,17-18,20H2. The molecule has 2 aliphatic heterocycles. The maximum atomic E-state index is 13.3. The Labute approximate surface area is 201 Å². The van der Waals surface area contributed by atoms with E-state index in [-0.39, 0.29) is 12.1 Å². The lowest BCUT2D eigenvalue weighted by molar-refractivity contribution is -0.109. The van der Waals surface area contributed by atoms with Crippen LogP contribution in [0.15, 0.2) is 60.8 Å². The van der Waals surface area contributed by atoms with Crippen LogP contribution in [0.2, 0.25) is 0 Å². The molecule has 5 rings (SSSR count). The highest BCUT2D eigenvalue weighted by molar-refractivity contribution is 5.98. The number of aldehydes is 1. The third-order valence-electron chi connectivity index (χ3n) is 7.44. The summed E-state index contributed by atoms with van der Waals surface area (Å²) in [6.45, 7) is 5.37. The highest BCUT2D eigenvalue weighted by Crippen LogP contribution is 2.27. The number of aromatic nitrogens is 1. The Morgan fingerprint density at radius 2 is 1.76 bits per heavy atom. The molecule has 1 amide bonds. The van der Waals surface area contributed by atoms with E-state index in [1.165, 1.54) is 5.56 Å². The second-order valence-corrected chi connectivity index (χ2v) is 9.59. The number of hydrogen-bond acceptors (Lipinski definition) is 4. The van der Waals surface area contributed by atoms with Crippen molar-refractivity contribution < 1.29 is 9.59 Å². The number of amides is 1. The zero-order chi connectivity index (χ0) is 23.3. The second kappa shape index (κ2) is 10.5. The Morgan fingerprint density at radius 1 is 1.00 bits per heavy atom. The van der Waals surface area contributed by atoms with Gasteiger partial charge in [0.2, 0.25) is 0 Å². The highest BCUT2D eigenvalue weighted by atomic mass is 16.2. The van der Waals surface area contributed by atoms with Crippen LogP contribution < -0.4 is 5.32 Å². The number of fused-ring (bicyclic) bond motifs is 1. The molecule has 2 saturated heterocycles. The Kier molecular flexibility index (Phi) is 7.07. The summed E-state index contributed by atoms with van der Waals surface area (Å²) < 4.78 is 2.19. The summed E-state index contributed by atoms with van der Waals surface area (Å²) >= 11 is 0. The van der Waals surface area contributed by atoms with Gasteiger partial charge in [-0.25, -0.2) is 0 Å². The Morgan fingerprint density at radius 3 is 2.50 bits per heavy atom. The van der Waals surface area contributed by atoms with Crippen LogP contribution in [0.3, 0.4) is 0 Å². The predicted molar refractivity (Wildman–Crippen MR) is 135 cm³/mol. The molecule has 178 valence electrons. The Hall–Kier alpha value is -2.96. The topological polar surface area (TPSA) is 57.6 Å².